The molecule has 0 radical (unpaired) electrons. The summed E-state index contributed by atoms with van der Waals surface area (Å²) in [5.74, 6) is 0.512. The summed E-state index contributed by atoms with van der Waals surface area (Å²) in [6, 6.07) is 3.66. The van der Waals surface area contributed by atoms with Gasteiger partial charge in [0.15, 0.2) is 0 Å². The lowest BCUT2D eigenvalue weighted by Gasteiger charge is -2.32. The van der Waals surface area contributed by atoms with Crippen LogP contribution in [0.1, 0.15) is 36.7 Å². The molecule has 1 unspecified atom stereocenters. The number of carbonyl (C=O) groups is 1. The minimum Gasteiger partial charge on any atom is -0.350 e. The third-order valence-electron chi connectivity index (χ3n) is 6.01. The van der Waals surface area contributed by atoms with Crippen molar-refractivity contribution in [2.24, 2.45) is 11.3 Å². The average Bonchev–Trinajstić information content (AvgIpc) is 3.12. The highest BCUT2D eigenvalue weighted by Gasteiger charge is 2.55. The van der Waals surface area contributed by atoms with Crippen LogP contribution in [-0.2, 0) is 10.0 Å². The molecule has 1 spiro atoms. The van der Waals surface area contributed by atoms with Gasteiger partial charge in [0.1, 0.15) is 5.69 Å². The van der Waals surface area contributed by atoms with E-state index in [0.29, 0.717) is 31.2 Å². The number of hydrogen-bond donors (Lipinski definition) is 2. The number of pyridine rings is 1. The van der Waals surface area contributed by atoms with Gasteiger partial charge in [-0.05, 0) is 49.7 Å². The minimum absolute atomic E-state index is 0.103. The summed E-state index contributed by atoms with van der Waals surface area (Å²) in [6.45, 7) is 3.55. The van der Waals surface area contributed by atoms with E-state index < -0.39 is 10.0 Å². The molecule has 1 atom stereocenters. The lowest BCUT2D eigenvalue weighted by atomic mass is 9.92. The smallest absolute Gasteiger partial charge is 0.267 e. The summed E-state index contributed by atoms with van der Waals surface area (Å²) in [6.07, 6.45) is 6.29. The molecule has 4 rings (SSSR count). The predicted molar refractivity (Wildman–Crippen MR) is 99.2 cm³/mol. The van der Waals surface area contributed by atoms with Crippen molar-refractivity contribution in [1.82, 2.24) is 19.6 Å². The number of amides is 1. The first-order valence-electron chi connectivity index (χ1n) is 9.12. The molecule has 0 bridgehead atoms. The predicted octanol–water partition coefficient (Wildman–Crippen LogP) is 1.74. The maximum atomic E-state index is 12.4. The van der Waals surface area contributed by atoms with Crippen molar-refractivity contribution in [1.29, 1.82) is 0 Å². The first-order valence-corrected chi connectivity index (χ1v) is 10.7. The van der Waals surface area contributed by atoms with Gasteiger partial charge in [0.05, 0.1) is 5.75 Å². The number of aromatic amines is 1. The molecule has 3 heterocycles. The van der Waals surface area contributed by atoms with Gasteiger partial charge in [-0.15, -0.1) is 0 Å². The van der Waals surface area contributed by atoms with Crippen molar-refractivity contribution in [3.05, 3.63) is 30.2 Å². The van der Waals surface area contributed by atoms with Crippen molar-refractivity contribution >= 4 is 26.8 Å². The van der Waals surface area contributed by atoms with E-state index in [0.717, 1.165) is 30.2 Å². The van der Waals surface area contributed by atoms with Crippen molar-refractivity contribution in [2.45, 2.75) is 26.2 Å². The fraction of sp³-hybridized carbons (Fsp3) is 0.556. The summed E-state index contributed by atoms with van der Waals surface area (Å²) >= 11 is 0. The van der Waals surface area contributed by atoms with Gasteiger partial charge in [-0.1, -0.05) is 0 Å². The Kier molecular flexibility index (Phi) is 4.27. The highest BCUT2D eigenvalue weighted by Crippen LogP contribution is 2.59. The van der Waals surface area contributed by atoms with Gasteiger partial charge >= 0.3 is 0 Å². The third kappa shape index (κ3) is 3.12. The van der Waals surface area contributed by atoms with Gasteiger partial charge in [-0.25, -0.2) is 12.7 Å². The zero-order valence-corrected chi connectivity index (χ0v) is 15.7. The highest BCUT2D eigenvalue weighted by molar-refractivity contribution is 7.89. The van der Waals surface area contributed by atoms with Crippen LogP contribution in [0.4, 0.5) is 0 Å². The molecule has 2 N–H and O–H groups in total. The normalized spacial score (nSPS) is 22.6. The van der Waals surface area contributed by atoms with E-state index in [1.807, 2.05) is 12.1 Å². The van der Waals surface area contributed by atoms with Gasteiger partial charge < -0.3 is 10.3 Å². The van der Waals surface area contributed by atoms with Crippen molar-refractivity contribution in [3.8, 4) is 0 Å². The molecule has 2 aliphatic rings. The van der Waals surface area contributed by atoms with Gasteiger partial charge in [0.25, 0.3) is 5.91 Å². The SMILES string of the molecule is CCS(=O)(=O)N1CCC2(CC1)CC2CNC(=O)c1cc2cnccc2[nH]1. The summed E-state index contributed by atoms with van der Waals surface area (Å²) in [7, 11) is -3.08. The standard InChI is InChI=1S/C18H24N4O3S/c1-2-26(24,25)22-7-4-18(5-8-22)10-14(18)12-20-17(23)16-9-13-11-19-6-3-15(13)21-16/h3,6,9,11,14,21H,2,4-5,7-8,10,12H2,1H3,(H,20,23). The monoisotopic (exact) mass is 376 g/mol. The number of rotatable bonds is 5. The molecule has 2 aromatic rings. The summed E-state index contributed by atoms with van der Waals surface area (Å²) < 4.78 is 25.6. The molecule has 7 nitrogen and oxygen atoms in total. The number of aromatic nitrogens is 2. The summed E-state index contributed by atoms with van der Waals surface area (Å²) in [4.78, 5) is 19.6. The first-order chi connectivity index (χ1) is 12.4. The molecule has 8 heteroatoms. The highest BCUT2D eigenvalue weighted by atomic mass is 32.2. The molecule has 2 aromatic heterocycles. The van der Waals surface area contributed by atoms with Crippen molar-refractivity contribution in [2.75, 3.05) is 25.4 Å². The second-order valence-corrected chi connectivity index (χ2v) is 9.68. The zero-order valence-electron chi connectivity index (χ0n) is 14.9. The van der Waals surface area contributed by atoms with Crippen LogP contribution in [0.2, 0.25) is 0 Å². The Bertz CT molecular complexity index is 896. The van der Waals surface area contributed by atoms with Crippen LogP contribution >= 0.6 is 0 Å². The second-order valence-electron chi connectivity index (χ2n) is 7.42. The van der Waals surface area contributed by atoms with Crippen LogP contribution in [0.15, 0.2) is 24.5 Å². The van der Waals surface area contributed by atoms with Crippen LogP contribution in [0.5, 0.6) is 0 Å². The largest absolute Gasteiger partial charge is 0.350 e. The number of fused-ring (bicyclic) bond motifs is 1. The average molecular weight is 376 g/mol. The Labute approximate surface area is 153 Å². The maximum Gasteiger partial charge on any atom is 0.267 e. The third-order valence-corrected chi connectivity index (χ3v) is 7.89. The Morgan fingerprint density at radius 3 is 2.88 bits per heavy atom. The fourth-order valence-electron chi connectivity index (χ4n) is 4.13. The number of sulfonamides is 1. The topological polar surface area (TPSA) is 95.2 Å². The summed E-state index contributed by atoms with van der Waals surface area (Å²) in [5, 5.41) is 3.94. The molecule has 0 aromatic carbocycles. The van der Waals surface area contributed by atoms with E-state index >= 15 is 0 Å². The van der Waals surface area contributed by atoms with Crippen molar-refractivity contribution < 1.29 is 13.2 Å². The van der Waals surface area contributed by atoms with Crippen LogP contribution in [0.25, 0.3) is 10.9 Å². The Hall–Kier alpha value is -1.93. The maximum absolute atomic E-state index is 12.4. The van der Waals surface area contributed by atoms with Crippen LogP contribution in [0, 0.1) is 11.3 Å². The van der Waals surface area contributed by atoms with E-state index in [2.05, 4.69) is 15.3 Å². The van der Waals surface area contributed by atoms with Crippen LogP contribution in [0.3, 0.4) is 0 Å². The molecule has 2 fully saturated rings. The molecular formula is C18H24N4O3S. The number of hydrogen-bond acceptors (Lipinski definition) is 4. The molecule has 1 saturated heterocycles. The van der Waals surface area contributed by atoms with Crippen LogP contribution < -0.4 is 5.32 Å². The van der Waals surface area contributed by atoms with E-state index in [9.17, 15) is 13.2 Å². The molecule has 26 heavy (non-hydrogen) atoms. The number of carbonyl (C=O) groups excluding carboxylic acids is 1. The van der Waals surface area contributed by atoms with Crippen LogP contribution in [-0.4, -0.2) is 54.0 Å². The van der Waals surface area contributed by atoms with Gasteiger partial charge in [0, 0.05) is 42.9 Å². The van der Waals surface area contributed by atoms with Gasteiger partial charge in [-0.2, -0.15) is 0 Å². The molecule has 1 aliphatic heterocycles. The van der Waals surface area contributed by atoms with E-state index in [4.69, 9.17) is 0 Å². The molecule has 1 aliphatic carbocycles. The minimum atomic E-state index is -3.08. The molecular weight excluding hydrogens is 352 g/mol. The first kappa shape index (κ1) is 17.5. The second kappa shape index (κ2) is 6.35. The lowest BCUT2D eigenvalue weighted by molar-refractivity contribution is 0.0944. The fourth-order valence-corrected chi connectivity index (χ4v) is 5.23. The van der Waals surface area contributed by atoms with E-state index in [-0.39, 0.29) is 17.1 Å². The van der Waals surface area contributed by atoms with Gasteiger partial charge in [0.2, 0.25) is 10.0 Å². The van der Waals surface area contributed by atoms with Crippen molar-refractivity contribution in [3.63, 3.8) is 0 Å². The molecule has 1 amide bonds. The molecule has 140 valence electrons. The quantitative estimate of drug-likeness (QED) is 0.831. The van der Waals surface area contributed by atoms with E-state index in [1.54, 1.807) is 23.6 Å². The number of nitrogens with zero attached hydrogens (tertiary/aromatic N) is 2. The lowest BCUT2D eigenvalue weighted by Crippen LogP contribution is -2.40. The van der Waals surface area contributed by atoms with E-state index in [1.165, 1.54) is 0 Å². The number of H-pyrrole nitrogens is 1. The Morgan fingerprint density at radius 2 is 2.19 bits per heavy atom. The zero-order chi connectivity index (χ0) is 18.4. The number of nitrogens with one attached hydrogen (secondary N) is 2. The Morgan fingerprint density at radius 1 is 1.42 bits per heavy atom. The Balaban J connectivity index is 1.31. The number of piperidine rings is 1. The molecule has 1 saturated carbocycles. The summed E-state index contributed by atoms with van der Waals surface area (Å²) in [5.41, 5.74) is 1.67. The van der Waals surface area contributed by atoms with Gasteiger partial charge in [-0.3, -0.25) is 9.78 Å².